The highest BCUT2D eigenvalue weighted by atomic mass is 35.5. The number of aromatic nitrogens is 2. The molecule has 1 aliphatic heterocycles. The zero-order chi connectivity index (χ0) is 14.0. The predicted octanol–water partition coefficient (Wildman–Crippen LogP) is 1.20. The highest BCUT2D eigenvalue weighted by Gasteiger charge is 2.23. The summed E-state index contributed by atoms with van der Waals surface area (Å²) in [4.78, 5) is 10.4. The van der Waals surface area contributed by atoms with Crippen LogP contribution in [0.15, 0.2) is 39.8 Å². The number of sulfone groups is 1. The quantitative estimate of drug-likeness (QED) is 0.900. The molecule has 21 heavy (non-hydrogen) atoms. The third-order valence-corrected chi connectivity index (χ3v) is 6.37. The topological polar surface area (TPSA) is 75.2 Å². The lowest BCUT2D eigenvalue weighted by molar-refractivity contribution is 0.588. The van der Waals surface area contributed by atoms with Gasteiger partial charge >= 0.3 is 0 Å². The van der Waals surface area contributed by atoms with Gasteiger partial charge in [0.25, 0.3) is 0 Å². The maximum atomic E-state index is 12.4. The Morgan fingerprint density at radius 1 is 1.19 bits per heavy atom. The lowest BCUT2D eigenvalue weighted by atomic mass is 10.4. The fourth-order valence-corrected chi connectivity index (χ4v) is 4.57. The summed E-state index contributed by atoms with van der Waals surface area (Å²) in [7, 11) is -3.48. The SMILES string of the molecule is Cl.O=S(=O)(c1ccncc1)c1cnc(N2CCNCC2)s1. The van der Waals surface area contributed by atoms with Gasteiger partial charge in [-0.3, -0.25) is 4.98 Å². The standard InChI is InChI=1S/C12H14N4O2S2.ClH/c17-20(18,10-1-3-13-4-2-10)11-9-15-12(19-11)16-7-5-14-6-8-16;/h1-4,9,14H,5-8H2;1H. The number of nitrogens with zero attached hydrogens (tertiary/aromatic N) is 3. The Bertz CT molecular complexity index is 684. The first-order chi connectivity index (χ1) is 9.68. The van der Waals surface area contributed by atoms with Crippen molar-refractivity contribution in [1.82, 2.24) is 15.3 Å². The Hall–Kier alpha value is -1.22. The minimum absolute atomic E-state index is 0. The number of pyridine rings is 1. The first-order valence-electron chi connectivity index (χ1n) is 6.24. The van der Waals surface area contributed by atoms with Gasteiger partial charge in [-0.25, -0.2) is 13.4 Å². The van der Waals surface area contributed by atoms with Crippen LogP contribution < -0.4 is 10.2 Å². The Kier molecular flexibility index (Phi) is 5.15. The molecule has 0 radical (unpaired) electrons. The highest BCUT2D eigenvalue weighted by molar-refractivity contribution is 7.93. The molecule has 1 fully saturated rings. The number of rotatable bonds is 3. The van der Waals surface area contributed by atoms with Crippen molar-refractivity contribution in [2.45, 2.75) is 9.10 Å². The number of anilines is 1. The lowest BCUT2D eigenvalue weighted by Gasteiger charge is -2.26. The fraction of sp³-hybridized carbons (Fsp3) is 0.333. The largest absolute Gasteiger partial charge is 0.346 e. The normalized spacial score (nSPS) is 15.5. The van der Waals surface area contributed by atoms with E-state index in [1.54, 1.807) is 0 Å². The van der Waals surface area contributed by atoms with Crippen molar-refractivity contribution in [2.75, 3.05) is 31.1 Å². The van der Waals surface area contributed by atoms with Crippen molar-refractivity contribution in [3.05, 3.63) is 30.7 Å². The van der Waals surface area contributed by atoms with Crippen LogP contribution in [0.5, 0.6) is 0 Å². The van der Waals surface area contributed by atoms with E-state index in [2.05, 4.69) is 20.2 Å². The molecule has 6 nitrogen and oxygen atoms in total. The van der Waals surface area contributed by atoms with Crippen LogP contribution in [0.4, 0.5) is 5.13 Å². The molecule has 0 aliphatic carbocycles. The number of hydrogen-bond acceptors (Lipinski definition) is 7. The molecular formula is C12H15ClN4O2S2. The van der Waals surface area contributed by atoms with Crippen LogP contribution in [0.3, 0.4) is 0 Å². The molecule has 114 valence electrons. The van der Waals surface area contributed by atoms with Crippen molar-refractivity contribution < 1.29 is 8.42 Å². The molecule has 3 rings (SSSR count). The molecule has 2 aromatic heterocycles. The number of halogens is 1. The molecular weight excluding hydrogens is 332 g/mol. The van der Waals surface area contributed by atoms with Gasteiger partial charge in [-0.05, 0) is 12.1 Å². The van der Waals surface area contributed by atoms with Gasteiger partial charge in [0.15, 0.2) is 5.13 Å². The molecule has 1 N–H and O–H groups in total. The fourth-order valence-electron chi connectivity index (χ4n) is 2.01. The van der Waals surface area contributed by atoms with Crippen LogP contribution in [-0.2, 0) is 9.84 Å². The van der Waals surface area contributed by atoms with Gasteiger partial charge in [0.1, 0.15) is 4.21 Å². The van der Waals surface area contributed by atoms with Gasteiger partial charge < -0.3 is 10.2 Å². The number of hydrogen-bond donors (Lipinski definition) is 1. The van der Waals surface area contributed by atoms with Gasteiger partial charge in [-0.1, -0.05) is 11.3 Å². The summed E-state index contributed by atoms with van der Waals surface area (Å²) in [5.41, 5.74) is 0. The van der Waals surface area contributed by atoms with E-state index in [1.807, 2.05) is 0 Å². The second-order valence-electron chi connectivity index (χ2n) is 4.39. The monoisotopic (exact) mass is 346 g/mol. The van der Waals surface area contributed by atoms with Gasteiger partial charge in [0, 0.05) is 38.6 Å². The maximum Gasteiger partial charge on any atom is 0.217 e. The molecule has 0 aromatic carbocycles. The van der Waals surface area contributed by atoms with E-state index in [4.69, 9.17) is 0 Å². The summed E-state index contributed by atoms with van der Waals surface area (Å²) in [6.07, 6.45) is 4.40. The van der Waals surface area contributed by atoms with Gasteiger partial charge in [0.05, 0.1) is 11.1 Å². The van der Waals surface area contributed by atoms with Crippen LogP contribution in [0.25, 0.3) is 0 Å². The Morgan fingerprint density at radius 3 is 2.52 bits per heavy atom. The van der Waals surface area contributed by atoms with Gasteiger partial charge in [-0.2, -0.15) is 0 Å². The molecule has 0 bridgehead atoms. The zero-order valence-corrected chi connectivity index (χ0v) is 13.5. The smallest absolute Gasteiger partial charge is 0.217 e. The lowest BCUT2D eigenvalue weighted by Crippen LogP contribution is -2.43. The van der Waals surface area contributed by atoms with Crippen LogP contribution in [0, 0.1) is 0 Å². The first kappa shape index (κ1) is 16.2. The minimum Gasteiger partial charge on any atom is -0.346 e. The van der Waals surface area contributed by atoms with Crippen molar-refractivity contribution in [2.24, 2.45) is 0 Å². The zero-order valence-electron chi connectivity index (χ0n) is 11.1. The van der Waals surface area contributed by atoms with Crippen LogP contribution in [0.1, 0.15) is 0 Å². The van der Waals surface area contributed by atoms with E-state index in [0.717, 1.165) is 31.3 Å². The van der Waals surface area contributed by atoms with E-state index in [9.17, 15) is 8.42 Å². The number of thiazole rings is 1. The summed E-state index contributed by atoms with van der Waals surface area (Å²) < 4.78 is 25.2. The number of piperazine rings is 1. The molecule has 2 aromatic rings. The molecule has 3 heterocycles. The summed E-state index contributed by atoms with van der Waals surface area (Å²) in [5.74, 6) is 0. The molecule has 0 saturated carbocycles. The molecule has 9 heteroatoms. The second-order valence-corrected chi connectivity index (χ2v) is 7.57. The summed E-state index contributed by atoms with van der Waals surface area (Å²) in [6.45, 7) is 3.49. The van der Waals surface area contributed by atoms with E-state index < -0.39 is 9.84 Å². The maximum absolute atomic E-state index is 12.4. The molecule has 1 saturated heterocycles. The van der Waals surface area contributed by atoms with Crippen molar-refractivity contribution in [3.63, 3.8) is 0 Å². The van der Waals surface area contributed by atoms with Crippen LogP contribution in [0.2, 0.25) is 0 Å². The molecule has 0 unspecified atom stereocenters. The van der Waals surface area contributed by atoms with E-state index >= 15 is 0 Å². The van der Waals surface area contributed by atoms with Gasteiger partial charge in [-0.15, -0.1) is 12.4 Å². The summed E-state index contributed by atoms with van der Waals surface area (Å²) in [5, 5.41) is 4.02. The van der Waals surface area contributed by atoms with Crippen molar-refractivity contribution in [3.8, 4) is 0 Å². The second kappa shape index (κ2) is 6.69. The van der Waals surface area contributed by atoms with Crippen LogP contribution >= 0.6 is 23.7 Å². The van der Waals surface area contributed by atoms with Gasteiger partial charge in [0.2, 0.25) is 9.84 Å². The summed E-state index contributed by atoms with van der Waals surface area (Å²) in [6, 6.07) is 3.00. The third kappa shape index (κ3) is 3.34. The minimum atomic E-state index is -3.48. The Morgan fingerprint density at radius 2 is 1.86 bits per heavy atom. The highest BCUT2D eigenvalue weighted by Crippen LogP contribution is 2.30. The van der Waals surface area contributed by atoms with E-state index in [1.165, 1.54) is 42.1 Å². The molecule has 0 spiro atoms. The third-order valence-electron chi connectivity index (χ3n) is 3.08. The van der Waals surface area contributed by atoms with E-state index in [-0.39, 0.29) is 21.5 Å². The Labute approximate surface area is 133 Å². The van der Waals surface area contributed by atoms with Crippen molar-refractivity contribution >= 4 is 38.7 Å². The van der Waals surface area contributed by atoms with Crippen molar-refractivity contribution in [1.29, 1.82) is 0 Å². The van der Waals surface area contributed by atoms with Crippen LogP contribution in [-0.4, -0.2) is 44.6 Å². The predicted molar refractivity (Wildman–Crippen MR) is 84.1 cm³/mol. The number of nitrogens with one attached hydrogen (secondary N) is 1. The summed E-state index contributed by atoms with van der Waals surface area (Å²) >= 11 is 1.22. The molecule has 1 aliphatic rings. The van der Waals surface area contributed by atoms with E-state index in [0.29, 0.717) is 0 Å². The average molecular weight is 347 g/mol. The Balaban J connectivity index is 0.00000161. The molecule has 0 atom stereocenters. The average Bonchev–Trinajstić information content (AvgIpc) is 3.00. The molecule has 0 amide bonds. The first-order valence-corrected chi connectivity index (χ1v) is 8.54.